The van der Waals surface area contributed by atoms with Crippen LogP contribution in [0.25, 0.3) is 0 Å². The fourth-order valence-corrected chi connectivity index (χ4v) is 0. The van der Waals surface area contributed by atoms with Gasteiger partial charge in [-0.05, 0) is 0 Å². The summed E-state index contributed by atoms with van der Waals surface area (Å²) in [5.41, 5.74) is 0. The zero-order valence-electron chi connectivity index (χ0n) is 3.58. The molecule has 0 fully saturated rings. The third-order valence-electron chi connectivity index (χ3n) is 0. The minimum atomic E-state index is 0. The van der Waals surface area contributed by atoms with Crippen LogP contribution in [-0.2, 0) is 0 Å². The molecule has 0 saturated carbocycles. The molecule has 0 aliphatic rings. The molecule has 0 saturated heterocycles. The van der Waals surface area contributed by atoms with E-state index in [2.05, 4.69) is 0 Å². The van der Waals surface area contributed by atoms with Crippen LogP contribution < -0.4 is 0 Å². The van der Waals surface area contributed by atoms with Gasteiger partial charge in [0.15, 0.2) is 0 Å². The van der Waals surface area contributed by atoms with Crippen molar-refractivity contribution in [1.29, 1.82) is 0 Å². The average molecular weight is 974 g/mol. The maximum Gasteiger partial charge on any atom is 0 e. The van der Waals surface area contributed by atoms with Gasteiger partial charge in [0.05, 0.1) is 0 Å². The Bertz CT molecular complexity index is 0. The van der Waals surface area contributed by atoms with Crippen molar-refractivity contribution in [3.05, 3.63) is 0 Å². The molecule has 0 N–H and O–H groups in total. The molecule has 0 atom stereocenters. The monoisotopic (exact) mass is 967 g/mol. The molecule has 8 heavy (non-hydrogen) atoms. The zero-order valence-corrected chi connectivity index (χ0v) is 24.0. The second-order valence-electron chi connectivity index (χ2n) is 0. The molecule has 0 aliphatic carbocycles. The van der Waals surface area contributed by atoms with Crippen LogP contribution in [-0.4, -0.2) is 195 Å². The van der Waals surface area contributed by atoms with Crippen molar-refractivity contribution in [3.63, 3.8) is 0 Å². The van der Waals surface area contributed by atoms with Crippen molar-refractivity contribution in [3.8, 4) is 0 Å². The standard InChI is InChI=1S/8Sb. The molecule has 0 aromatic rings. The smallest absolute Gasteiger partial charge is 0 e. The summed E-state index contributed by atoms with van der Waals surface area (Å²) in [4.78, 5) is 0. The second-order valence-corrected chi connectivity index (χ2v) is 0. The van der Waals surface area contributed by atoms with Crippen LogP contribution in [0.1, 0.15) is 0 Å². The van der Waals surface area contributed by atoms with Gasteiger partial charge in [-0.15, -0.1) is 0 Å². The Morgan fingerprint density at radius 3 is 0.125 bits per heavy atom. The maximum absolute atomic E-state index is 0. The molecule has 0 unspecified atom stereocenters. The predicted octanol–water partition coefficient (Wildman–Crippen LogP) is -3.05. The number of rotatable bonds is 0. The van der Waals surface area contributed by atoms with E-state index in [1.807, 2.05) is 0 Å². The van der Waals surface area contributed by atoms with E-state index >= 15 is 0 Å². The minimum absolute atomic E-state index is 0. The minimum Gasteiger partial charge on any atom is 0 e. The molecule has 0 spiro atoms. The van der Waals surface area contributed by atoms with Gasteiger partial charge in [0, 0.05) is 195 Å². The van der Waals surface area contributed by atoms with Crippen LogP contribution in [0.4, 0.5) is 0 Å². The van der Waals surface area contributed by atoms with E-state index in [0.29, 0.717) is 0 Å². The molecule has 0 rings (SSSR count). The van der Waals surface area contributed by atoms with Crippen LogP contribution in [0.3, 0.4) is 0 Å². The van der Waals surface area contributed by atoms with E-state index in [-0.39, 0.29) is 195 Å². The molecule has 0 bridgehead atoms. The van der Waals surface area contributed by atoms with Gasteiger partial charge in [0.1, 0.15) is 0 Å². The Morgan fingerprint density at radius 1 is 0.125 bits per heavy atom. The maximum atomic E-state index is 0. The molecule has 0 aliphatic heterocycles. The molecular formula is Sb8. The van der Waals surface area contributed by atoms with Crippen molar-refractivity contribution in [2.75, 3.05) is 0 Å². The fourth-order valence-electron chi connectivity index (χ4n) is 0. The SMILES string of the molecule is [Sb].[Sb].[Sb].[Sb].[Sb].[Sb].[Sb].[Sb]. The Morgan fingerprint density at radius 2 is 0.125 bits per heavy atom. The van der Waals surface area contributed by atoms with E-state index in [9.17, 15) is 0 Å². The largest absolute Gasteiger partial charge is 0 e. The molecule has 0 aromatic carbocycles. The summed E-state index contributed by atoms with van der Waals surface area (Å²) in [5.74, 6) is 0. The average Bonchev–Trinajstić information content (AvgIpc) is 0. The van der Waals surface area contributed by atoms with Crippen molar-refractivity contribution in [1.82, 2.24) is 0 Å². The van der Waals surface area contributed by atoms with Gasteiger partial charge in [-0.2, -0.15) is 0 Å². The Balaban J connectivity index is 0. The topological polar surface area (TPSA) is 0 Å². The summed E-state index contributed by atoms with van der Waals surface area (Å²) in [7, 11) is 0. The Kier molecular flexibility index (Phi) is 387. The quantitative estimate of drug-likeness (QED) is 0.227. The van der Waals surface area contributed by atoms with Gasteiger partial charge in [-0.25, -0.2) is 0 Å². The Hall–Kier alpha value is 6.55. The summed E-state index contributed by atoms with van der Waals surface area (Å²) in [6.07, 6.45) is 0. The van der Waals surface area contributed by atoms with Gasteiger partial charge in [-0.1, -0.05) is 0 Å². The van der Waals surface area contributed by atoms with Crippen LogP contribution in [0, 0.1) is 0 Å². The summed E-state index contributed by atoms with van der Waals surface area (Å²) < 4.78 is 0. The van der Waals surface area contributed by atoms with Gasteiger partial charge < -0.3 is 0 Å². The van der Waals surface area contributed by atoms with Crippen molar-refractivity contribution < 1.29 is 0 Å². The first kappa shape index (κ1) is 62.3. The van der Waals surface area contributed by atoms with E-state index in [1.54, 1.807) is 0 Å². The number of hydrogen-bond donors (Lipinski definition) is 0. The first-order chi connectivity index (χ1) is 0. The molecular weight excluding hydrogens is 974 g/mol. The van der Waals surface area contributed by atoms with Crippen molar-refractivity contribution >= 4 is 195 Å². The zero-order chi connectivity index (χ0) is 0. The van der Waals surface area contributed by atoms with Gasteiger partial charge >= 0.3 is 0 Å². The van der Waals surface area contributed by atoms with E-state index < -0.39 is 0 Å². The molecule has 24 radical (unpaired) electrons. The van der Waals surface area contributed by atoms with E-state index in [4.69, 9.17) is 0 Å². The van der Waals surface area contributed by atoms with E-state index in [0.717, 1.165) is 0 Å². The molecule has 0 heterocycles. The summed E-state index contributed by atoms with van der Waals surface area (Å²) in [6.45, 7) is 0. The normalized spacial score (nSPS) is 0. The van der Waals surface area contributed by atoms with E-state index in [1.165, 1.54) is 0 Å². The molecule has 0 aromatic heterocycles. The van der Waals surface area contributed by atoms with Crippen LogP contribution in [0.2, 0.25) is 0 Å². The summed E-state index contributed by atoms with van der Waals surface area (Å²) in [6, 6.07) is 0. The van der Waals surface area contributed by atoms with Crippen LogP contribution >= 0.6 is 0 Å². The summed E-state index contributed by atoms with van der Waals surface area (Å²) >= 11 is 0. The third-order valence-corrected chi connectivity index (χ3v) is 0. The molecule has 8 heteroatoms. The van der Waals surface area contributed by atoms with Crippen molar-refractivity contribution in [2.24, 2.45) is 0 Å². The van der Waals surface area contributed by atoms with Gasteiger partial charge in [0.25, 0.3) is 0 Å². The van der Waals surface area contributed by atoms with Gasteiger partial charge in [0.2, 0.25) is 0 Å². The van der Waals surface area contributed by atoms with Crippen LogP contribution in [0.5, 0.6) is 0 Å². The number of hydrogen-bond acceptors (Lipinski definition) is 0. The third kappa shape index (κ3) is 39.0. The summed E-state index contributed by atoms with van der Waals surface area (Å²) in [5, 5.41) is 0. The fraction of sp³-hybridized carbons (Fsp3) is 0. The van der Waals surface area contributed by atoms with Crippen molar-refractivity contribution in [2.45, 2.75) is 0 Å². The first-order valence-corrected chi connectivity index (χ1v) is 0. The molecule has 40 valence electrons. The molecule has 0 nitrogen and oxygen atoms in total. The van der Waals surface area contributed by atoms with Gasteiger partial charge in [-0.3, -0.25) is 0 Å². The first-order valence-electron chi connectivity index (χ1n) is 0. The Labute approximate surface area is 190 Å². The van der Waals surface area contributed by atoms with Crippen LogP contribution in [0.15, 0.2) is 0 Å². The second kappa shape index (κ2) is 49.8. The predicted molar refractivity (Wildman–Crippen MR) is 46.0 cm³/mol. The molecule has 0 amide bonds.